The summed E-state index contributed by atoms with van der Waals surface area (Å²) in [4.78, 5) is 4.28. The second kappa shape index (κ2) is 6.64. The summed E-state index contributed by atoms with van der Waals surface area (Å²) in [7, 11) is 0. The molecule has 13 heavy (non-hydrogen) atoms. The van der Waals surface area contributed by atoms with Crippen molar-refractivity contribution >= 4 is 0 Å². The van der Waals surface area contributed by atoms with Crippen LogP contribution in [0, 0.1) is 6.92 Å². The topological polar surface area (TPSA) is 12.9 Å². The molecule has 0 aliphatic rings. The fourth-order valence-electron chi connectivity index (χ4n) is 1.38. The van der Waals surface area contributed by atoms with E-state index in [4.69, 9.17) is 0 Å². The van der Waals surface area contributed by atoms with Gasteiger partial charge in [-0.3, -0.25) is 4.98 Å². The zero-order valence-electron chi connectivity index (χ0n) is 8.21. The zero-order chi connectivity index (χ0) is 9.36. The van der Waals surface area contributed by atoms with E-state index in [1.807, 2.05) is 12.3 Å². The van der Waals surface area contributed by atoms with Gasteiger partial charge < -0.3 is 0 Å². The second-order valence-corrected chi connectivity index (χ2v) is 3.34. The first-order valence-electron chi connectivity index (χ1n) is 5.12. The fraction of sp³-hybridized carbons (Fsp3) is 0.500. The molecule has 1 nitrogen and oxygen atoms in total. The van der Waals surface area contributed by atoms with Crippen LogP contribution in [0.25, 0.3) is 0 Å². The Morgan fingerprint density at radius 1 is 1.08 bits per heavy atom. The molecule has 1 aromatic heterocycles. The zero-order valence-corrected chi connectivity index (χ0v) is 8.21. The van der Waals surface area contributed by atoms with Gasteiger partial charge in [0.25, 0.3) is 0 Å². The molecule has 1 radical (unpaired) electrons. The van der Waals surface area contributed by atoms with Crippen LogP contribution in [0.1, 0.15) is 37.8 Å². The van der Waals surface area contributed by atoms with Gasteiger partial charge >= 0.3 is 0 Å². The second-order valence-electron chi connectivity index (χ2n) is 3.34. The predicted molar refractivity (Wildman–Crippen MR) is 56.4 cm³/mol. The Labute approximate surface area is 81.2 Å². The minimum atomic E-state index is 1.07. The van der Waals surface area contributed by atoms with Crippen molar-refractivity contribution in [3.63, 3.8) is 0 Å². The molecule has 0 saturated heterocycles. The molecule has 1 rings (SSSR count). The first kappa shape index (κ1) is 10.2. The van der Waals surface area contributed by atoms with Crippen LogP contribution in [-0.4, -0.2) is 4.98 Å². The number of hydrogen-bond donors (Lipinski definition) is 0. The van der Waals surface area contributed by atoms with Crippen LogP contribution < -0.4 is 0 Å². The van der Waals surface area contributed by atoms with Gasteiger partial charge in [0, 0.05) is 11.9 Å². The number of aryl methyl sites for hydroxylation is 1. The molecular weight excluding hydrogens is 158 g/mol. The minimum absolute atomic E-state index is 1.07. The Morgan fingerprint density at radius 3 is 2.62 bits per heavy atom. The molecule has 1 heterocycles. The fourth-order valence-corrected chi connectivity index (χ4v) is 1.38. The average molecular weight is 176 g/mol. The third-order valence-corrected chi connectivity index (χ3v) is 2.16. The normalized spacial score (nSPS) is 10.2. The van der Waals surface area contributed by atoms with Crippen LogP contribution in [0.2, 0.25) is 0 Å². The Hall–Kier alpha value is -0.850. The highest BCUT2D eigenvalue weighted by Gasteiger charge is 1.92. The Balaban J connectivity index is 2.07. The maximum absolute atomic E-state index is 4.28. The largest absolute Gasteiger partial charge is 0.261 e. The van der Waals surface area contributed by atoms with Crippen molar-refractivity contribution in [3.05, 3.63) is 37.0 Å². The first-order chi connectivity index (χ1) is 6.43. The predicted octanol–water partition coefficient (Wildman–Crippen LogP) is 3.41. The molecule has 0 aliphatic carbocycles. The first-order valence-corrected chi connectivity index (χ1v) is 5.12. The number of rotatable bonds is 6. The standard InChI is InChI=1S/C12H18N/c1-2-3-4-5-6-9-12-10-7-8-11-13-12/h7-8,10-11H,1-6,9H2. The summed E-state index contributed by atoms with van der Waals surface area (Å²) >= 11 is 0. The molecule has 0 aromatic carbocycles. The van der Waals surface area contributed by atoms with E-state index >= 15 is 0 Å². The van der Waals surface area contributed by atoms with Crippen LogP contribution in [0.5, 0.6) is 0 Å². The summed E-state index contributed by atoms with van der Waals surface area (Å²) in [6.07, 6.45) is 9.22. The van der Waals surface area contributed by atoms with Crippen LogP contribution in [0.15, 0.2) is 24.4 Å². The number of aromatic nitrogens is 1. The van der Waals surface area contributed by atoms with Crippen LogP contribution in [-0.2, 0) is 6.42 Å². The van der Waals surface area contributed by atoms with Crippen molar-refractivity contribution < 1.29 is 0 Å². The molecule has 0 unspecified atom stereocenters. The van der Waals surface area contributed by atoms with E-state index in [2.05, 4.69) is 24.0 Å². The highest BCUT2D eigenvalue weighted by atomic mass is 14.7. The molecule has 0 aliphatic heterocycles. The van der Waals surface area contributed by atoms with E-state index in [1.165, 1.54) is 31.4 Å². The summed E-state index contributed by atoms with van der Waals surface area (Å²) < 4.78 is 0. The van der Waals surface area contributed by atoms with E-state index in [0.29, 0.717) is 0 Å². The SMILES string of the molecule is [CH2]CCCCCCc1ccccn1. The summed E-state index contributed by atoms with van der Waals surface area (Å²) in [6.45, 7) is 3.83. The van der Waals surface area contributed by atoms with E-state index in [9.17, 15) is 0 Å². The molecule has 0 N–H and O–H groups in total. The van der Waals surface area contributed by atoms with Gasteiger partial charge in [-0.1, -0.05) is 38.7 Å². The van der Waals surface area contributed by atoms with Gasteiger partial charge in [-0.15, -0.1) is 0 Å². The smallest absolute Gasteiger partial charge is 0.0403 e. The molecule has 1 heteroatoms. The Morgan fingerprint density at radius 2 is 1.92 bits per heavy atom. The third-order valence-electron chi connectivity index (χ3n) is 2.16. The van der Waals surface area contributed by atoms with E-state index in [1.54, 1.807) is 0 Å². The number of unbranched alkanes of at least 4 members (excludes halogenated alkanes) is 4. The third kappa shape index (κ3) is 4.66. The summed E-state index contributed by atoms with van der Waals surface area (Å²) in [6, 6.07) is 6.12. The molecule has 0 bridgehead atoms. The molecule has 71 valence electrons. The van der Waals surface area contributed by atoms with Gasteiger partial charge in [-0.25, -0.2) is 0 Å². The van der Waals surface area contributed by atoms with Crippen LogP contribution in [0.4, 0.5) is 0 Å². The average Bonchev–Trinajstić information content (AvgIpc) is 2.19. The van der Waals surface area contributed by atoms with Crippen molar-refractivity contribution in [2.45, 2.75) is 38.5 Å². The molecule has 1 aromatic rings. The molecule has 0 spiro atoms. The van der Waals surface area contributed by atoms with Crippen LogP contribution >= 0.6 is 0 Å². The van der Waals surface area contributed by atoms with Crippen LogP contribution in [0.3, 0.4) is 0 Å². The molecule has 0 fully saturated rings. The maximum atomic E-state index is 4.28. The lowest BCUT2D eigenvalue weighted by Gasteiger charge is -1.99. The molecule has 0 saturated carbocycles. The van der Waals surface area contributed by atoms with E-state index in [-0.39, 0.29) is 0 Å². The lowest BCUT2D eigenvalue weighted by Crippen LogP contribution is -1.88. The van der Waals surface area contributed by atoms with Gasteiger partial charge in [0.1, 0.15) is 0 Å². The Bertz CT molecular complexity index is 206. The molecule has 0 amide bonds. The van der Waals surface area contributed by atoms with Gasteiger partial charge in [-0.2, -0.15) is 0 Å². The highest BCUT2D eigenvalue weighted by Crippen LogP contribution is 2.06. The Kier molecular flexibility index (Phi) is 5.23. The van der Waals surface area contributed by atoms with Gasteiger partial charge in [0.15, 0.2) is 0 Å². The number of hydrogen-bond acceptors (Lipinski definition) is 1. The van der Waals surface area contributed by atoms with Crippen molar-refractivity contribution in [2.75, 3.05) is 0 Å². The number of nitrogens with zero attached hydrogens (tertiary/aromatic N) is 1. The van der Waals surface area contributed by atoms with E-state index in [0.717, 1.165) is 12.8 Å². The van der Waals surface area contributed by atoms with Crippen molar-refractivity contribution in [1.82, 2.24) is 4.98 Å². The monoisotopic (exact) mass is 176 g/mol. The van der Waals surface area contributed by atoms with Gasteiger partial charge in [0.05, 0.1) is 0 Å². The van der Waals surface area contributed by atoms with Crippen molar-refractivity contribution in [1.29, 1.82) is 0 Å². The van der Waals surface area contributed by atoms with Gasteiger partial charge in [0.2, 0.25) is 0 Å². The minimum Gasteiger partial charge on any atom is -0.261 e. The highest BCUT2D eigenvalue weighted by molar-refractivity contribution is 5.03. The maximum Gasteiger partial charge on any atom is 0.0403 e. The summed E-state index contributed by atoms with van der Waals surface area (Å²) in [5.41, 5.74) is 1.22. The van der Waals surface area contributed by atoms with Crippen molar-refractivity contribution in [2.24, 2.45) is 0 Å². The molecular formula is C12H18N. The quantitative estimate of drug-likeness (QED) is 0.605. The van der Waals surface area contributed by atoms with E-state index < -0.39 is 0 Å². The van der Waals surface area contributed by atoms with Crippen molar-refractivity contribution in [3.8, 4) is 0 Å². The summed E-state index contributed by atoms with van der Waals surface area (Å²) in [5, 5.41) is 0. The molecule has 0 atom stereocenters. The lowest BCUT2D eigenvalue weighted by atomic mass is 10.1. The van der Waals surface area contributed by atoms with Gasteiger partial charge in [-0.05, 0) is 25.0 Å². The summed E-state index contributed by atoms with van der Waals surface area (Å²) in [5.74, 6) is 0. The number of pyridine rings is 1. The lowest BCUT2D eigenvalue weighted by molar-refractivity contribution is 0.640.